The predicted molar refractivity (Wildman–Crippen MR) is 330 cm³/mol. The minimum absolute atomic E-state index is 0.0915. The van der Waals surface area contributed by atoms with Crippen LogP contribution in [0.4, 0.5) is 0 Å². The number of ether oxygens (including phenoxy) is 3. The molecule has 0 saturated heterocycles. The molecule has 0 bridgehead atoms. The second-order valence-corrected chi connectivity index (χ2v) is 20.6. The third kappa shape index (κ3) is 60.7. The summed E-state index contributed by atoms with van der Waals surface area (Å²) in [6, 6.07) is 0. The topological polar surface area (TPSA) is 78.9 Å². The zero-order valence-corrected chi connectivity index (χ0v) is 49.5. The highest BCUT2D eigenvalue weighted by Crippen LogP contribution is 2.14. The van der Waals surface area contributed by atoms with Gasteiger partial charge in [-0.05, 0) is 135 Å². The van der Waals surface area contributed by atoms with Gasteiger partial charge in [-0.15, -0.1) is 0 Å². The van der Waals surface area contributed by atoms with Crippen molar-refractivity contribution in [2.75, 3.05) is 13.2 Å². The first-order valence-corrected chi connectivity index (χ1v) is 31.5. The molecule has 0 aromatic carbocycles. The summed E-state index contributed by atoms with van der Waals surface area (Å²) in [6.07, 6.45) is 87.7. The minimum atomic E-state index is -0.794. The molecule has 0 saturated carbocycles. The van der Waals surface area contributed by atoms with Gasteiger partial charge in [0.25, 0.3) is 0 Å². The number of rotatable bonds is 56. The Labute approximate surface area is 469 Å². The smallest absolute Gasteiger partial charge is 0.306 e. The third-order valence-electron chi connectivity index (χ3n) is 13.2. The largest absolute Gasteiger partial charge is 0.462 e. The Morgan fingerprint density at radius 1 is 0.276 bits per heavy atom. The Hall–Kier alpha value is -4.19. The van der Waals surface area contributed by atoms with Gasteiger partial charge in [0.2, 0.25) is 0 Å². The van der Waals surface area contributed by atoms with Crippen molar-refractivity contribution in [3.63, 3.8) is 0 Å². The lowest BCUT2D eigenvalue weighted by Crippen LogP contribution is -2.30. The maximum absolute atomic E-state index is 12.9. The summed E-state index contributed by atoms with van der Waals surface area (Å²) in [6.45, 7) is 6.47. The normalized spacial score (nSPS) is 12.9. The van der Waals surface area contributed by atoms with Gasteiger partial charge in [0.05, 0.1) is 0 Å². The fourth-order valence-electron chi connectivity index (χ4n) is 8.45. The zero-order chi connectivity index (χ0) is 55.0. The first kappa shape index (κ1) is 71.8. The number of hydrogen-bond donors (Lipinski definition) is 0. The lowest BCUT2D eigenvalue weighted by atomic mass is 10.1. The quantitative estimate of drug-likeness (QED) is 0.0261. The lowest BCUT2D eigenvalue weighted by molar-refractivity contribution is -0.167. The summed E-state index contributed by atoms with van der Waals surface area (Å²) < 4.78 is 16.9. The van der Waals surface area contributed by atoms with Crippen LogP contribution in [0.1, 0.15) is 284 Å². The van der Waals surface area contributed by atoms with Crippen LogP contribution in [0.5, 0.6) is 0 Å². The first-order valence-electron chi connectivity index (χ1n) is 31.5. The molecule has 0 spiro atoms. The molecule has 0 aliphatic rings. The van der Waals surface area contributed by atoms with Crippen LogP contribution in [0.3, 0.4) is 0 Å². The number of unbranched alkanes of at least 4 members (excludes halogenated alkanes) is 25. The summed E-state index contributed by atoms with van der Waals surface area (Å²) in [5.41, 5.74) is 0. The fourth-order valence-corrected chi connectivity index (χ4v) is 8.45. The van der Waals surface area contributed by atoms with Gasteiger partial charge in [0.1, 0.15) is 13.2 Å². The lowest BCUT2D eigenvalue weighted by Gasteiger charge is -2.18. The average Bonchev–Trinajstić information content (AvgIpc) is 3.42. The van der Waals surface area contributed by atoms with Gasteiger partial charge >= 0.3 is 17.9 Å². The number of carbonyl (C=O) groups is 3. The number of carbonyl (C=O) groups excluding carboxylic acids is 3. The van der Waals surface area contributed by atoms with E-state index in [1.165, 1.54) is 103 Å². The van der Waals surface area contributed by atoms with Crippen molar-refractivity contribution in [2.45, 2.75) is 290 Å². The Bertz CT molecular complexity index is 1590. The van der Waals surface area contributed by atoms with Crippen molar-refractivity contribution in [1.82, 2.24) is 0 Å². The second kappa shape index (κ2) is 63.3. The standard InChI is InChI=1S/C70H116O6/c1-4-7-10-13-16-19-22-25-27-28-29-30-31-32-33-34-35-36-37-38-39-40-41-42-44-45-48-51-54-57-60-63-69(72)75-66-67(65-74-68(71)62-59-56-53-50-47-24-21-18-15-12-9-6-3)76-70(73)64-61-58-55-52-49-46-43-26-23-20-17-14-11-8-5-2/h7,10,16,18-19,21,25-27,29-30,32-33,35-36,38-39,41-43,67H,4-6,8-9,11-15,17,20,22-24,28,31,34,37,40,44-66H2,1-3H3/b10-7-,19-16-,21-18-,27-25-,30-29-,33-32-,36-35-,39-38-,42-41-,43-26-. The Morgan fingerprint density at radius 3 is 0.842 bits per heavy atom. The van der Waals surface area contributed by atoms with Gasteiger partial charge in [0, 0.05) is 19.3 Å². The number of allylic oxidation sites excluding steroid dienone is 20. The van der Waals surface area contributed by atoms with Crippen LogP contribution in [0.15, 0.2) is 122 Å². The van der Waals surface area contributed by atoms with Gasteiger partial charge in [-0.1, -0.05) is 251 Å². The van der Waals surface area contributed by atoms with E-state index in [9.17, 15) is 14.4 Å². The summed E-state index contributed by atoms with van der Waals surface area (Å²) in [5, 5.41) is 0. The highest BCUT2D eigenvalue weighted by atomic mass is 16.6. The van der Waals surface area contributed by atoms with Crippen LogP contribution in [-0.2, 0) is 28.6 Å². The SMILES string of the molecule is CC/C=C\C/C=C\C/C=C\C/C=C\C/C=C\C/C=C\C/C=C\C/C=C\CCCCCCCCC(=O)OCC(COC(=O)CCCCCCC/C=C\CCCCC)OC(=O)CCCCCCC/C=C\CCCCCCCC. The molecular weight excluding hydrogens is 937 g/mol. The van der Waals surface area contributed by atoms with E-state index >= 15 is 0 Å². The van der Waals surface area contributed by atoms with E-state index in [-0.39, 0.29) is 31.1 Å². The molecule has 6 nitrogen and oxygen atoms in total. The highest BCUT2D eigenvalue weighted by molar-refractivity contribution is 5.71. The highest BCUT2D eigenvalue weighted by Gasteiger charge is 2.19. The molecule has 0 heterocycles. The van der Waals surface area contributed by atoms with Gasteiger partial charge in [-0.3, -0.25) is 14.4 Å². The molecule has 1 atom stereocenters. The molecular formula is C70H116O6. The molecule has 0 rings (SSSR count). The summed E-state index contributed by atoms with van der Waals surface area (Å²) in [7, 11) is 0. The molecule has 0 aliphatic heterocycles. The van der Waals surface area contributed by atoms with E-state index in [0.717, 1.165) is 141 Å². The molecule has 0 aromatic rings. The summed E-state index contributed by atoms with van der Waals surface area (Å²) in [4.78, 5) is 38.2. The molecule has 6 heteroatoms. The van der Waals surface area contributed by atoms with Gasteiger partial charge in [0.15, 0.2) is 6.10 Å². The second-order valence-electron chi connectivity index (χ2n) is 20.6. The molecule has 432 valence electrons. The van der Waals surface area contributed by atoms with E-state index in [1.807, 2.05) is 0 Å². The van der Waals surface area contributed by atoms with Crippen molar-refractivity contribution < 1.29 is 28.6 Å². The van der Waals surface area contributed by atoms with Gasteiger partial charge in [-0.25, -0.2) is 0 Å². The molecule has 0 aliphatic carbocycles. The molecule has 76 heavy (non-hydrogen) atoms. The van der Waals surface area contributed by atoms with Crippen molar-refractivity contribution in [3.05, 3.63) is 122 Å². The number of hydrogen-bond acceptors (Lipinski definition) is 6. The Kier molecular flexibility index (Phi) is 59.9. The van der Waals surface area contributed by atoms with Crippen LogP contribution in [0, 0.1) is 0 Å². The van der Waals surface area contributed by atoms with E-state index in [2.05, 4.69) is 142 Å². The van der Waals surface area contributed by atoms with Crippen molar-refractivity contribution in [1.29, 1.82) is 0 Å². The van der Waals surface area contributed by atoms with Gasteiger partial charge in [-0.2, -0.15) is 0 Å². The maximum Gasteiger partial charge on any atom is 0.306 e. The minimum Gasteiger partial charge on any atom is -0.462 e. The Morgan fingerprint density at radius 2 is 0.513 bits per heavy atom. The molecule has 0 amide bonds. The van der Waals surface area contributed by atoms with Crippen LogP contribution in [0.2, 0.25) is 0 Å². The third-order valence-corrected chi connectivity index (χ3v) is 13.2. The van der Waals surface area contributed by atoms with Crippen molar-refractivity contribution in [2.24, 2.45) is 0 Å². The van der Waals surface area contributed by atoms with Crippen LogP contribution < -0.4 is 0 Å². The van der Waals surface area contributed by atoms with E-state index < -0.39 is 6.10 Å². The zero-order valence-electron chi connectivity index (χ0n) is 49.5. The molecule has 0 radical (unpaired) electrons. The van der Waals surface area contributed by atoms with Crippen LogP contribution in [-0.4, -0.2) is 37.2 Å². The monoisotopic (exact) mass is 1050 g/mol. The van der Waals surface area contributed by atoms with Crippen LogP contribution >= 0.6 is 0 Å². The van der Waals surface area contributed by atoms with E-state index in [1.54, 1.807) is 0 Å². The predicted octanol–water partition coefficient (Wildman–Crippen LogP) is 21.6. The maximum atomic E-state index is 12.9. The van der Waals surface area contributed by atoms with E-state index in [4.69, 9.17) is 14.2 Å². The molecule has 0 N–H and O–H groups in total. The molecule has 0 aromatic heterocycles. The first-order chi connectivity index (χ1) is 37.5. The molecule has 0 fully saturated rings. The average molecular weight is 1050 g/mol. The number of esters is 3. The Balaban J connectivity index is 4.31. The van der Waals surface area contributed by atoms with Gasteiger partial charge < -0.3 is 14.2 Å². The van der Waals surface area contributed by atoms with Crippen LogP contribution in [0.25, 0.3) is 0 Å². The summed E-state index contributed by atoms with van der Waals surface area (Å²) >= 11 is 0. The van der Waals surface area contributed by atoms with Crippen molar-refractivity contribution >= 4 is 17.9 Å². The van der Waals surface area contributed by atoms with E-state index in [0.29, 0.717) is 19.3 Å². The fraction of sp³-hybridized carbons (Fsp3) is 0.671. The molecule has 1 unspecified atom stereocenters. The van der Waals surface area contributed by atoms with Crippen molar-refractivity contribution in [3.8, 4) is 0 Å². The summed E-state index contributed by atoms with van der Waals surface area (Å²) in [5.74, 6) is -0.921.